The van der Waals surface area contributed by atoms with Crippen molar-refractivity contribution in [3.63, 3.8) is 0 Å². The van der Waals surface area contributed by atoms with Gasteiger partial charge in [0, 0.05) is 17.7 Å². The van der Waals surface area contributed by atoms with Gasteiger partial charge in [-0.2, -0.15) is 0 Å². The van der Waals surface area contributed by atoms with E-state index in [4.69, 9.17) is 10.5 Å². The van der Waals surface area contributed by atoms with E-state index in [-0.39, 0.29) is 18.3 Å². The van der Waals surface area contributed by atoms with Crippen LogP contribution < -0.4 is 15.8 Å². The highest BCUT2D eigenvalue weighted by molar-refractivity contribution is 9.11. The molecule has 0 saturated carbocycles. The van der Waals surface area contributed by atoms with Crippen LogP contribution in [-0.2, 0) is 6.61 Å². The number of aryl methyl sites for hydroxylation is 1. The molecule has 4 nitrogen and oxygen atoms in total. The second-order valence-electron chi connectivity index (χ2n) is 5.28. The predicted octanol–water partition coefficient (Wildman–Crippen LogP) is 4.29. The summed E-state index contributed by atoms with van der Waals surface area (Å²) in [5.74, 6) is 0.659. The number of benzene rings is 1. The lowest BCUT2D eigenvalue weighted by molar-refractivity contribution is 0.0952. The van der Waals surface area contributed by atoms with Crippen molar-refractivity contribution in [3.05, 3.63) is 50.1 Å². The smallest absolute Gasteiger partial charge is 0.251 e. The van der Waals surface area contributed by atoms with Crippen LogP contribution in [0.1, 0.15) is 34.3 Å². The number of hydrogen-bond donors (Lipinski definition) is 2. The molecule has 3 N–H and O–H groups in total. The maximum absolute atomic E-state index is 12.1. The van der Waals surface area contributed by atoms with E-state index in [0.717, 1.165) is 33.5 Å². The van der Waals surface area contributed by atoms with Crippen LogP contribution in [0.3, 0.4) is 0 Å². The summed E-state index contributed by atoms with van der Waals surface area (Å²) in [5.41, 5.74) is 8.18. The van der Waals surface area contributed by atoms with Gasteiger partial charge in [0.05, 0.1) is 3.79 Å². The van der Waals surface area contributed by atoms with Crippen LogP contribution in [0, 0.1) is 6.92 Å². The predicted molar refractivity (Wildman–Crippen MR) is 105 cm³/mol. The Morgan fingerprint density at radius 2 is 2.12 bits per heavy atom. The molecule has 0 spiro atoms. The molecule has 1 heterocycles. The van der Waals surface area contributed by atoms with E-state index < -0.39 is 0 Å². The minimum absolute atomic E-state index is 0. The van der Waals surface area contributed by atoms with E-state index in [1.165, 1.54) is 0 Å². The standard InChI is InChI=1S/C17H21BrN2O2S.ClH/c1-12-4-5-14(17(21)20-7-3-2-6-19)9-15(12)22-10-13-8-16(18)23-11-13;/h4-5,8-9,11H,2-3,6-7,10,19H2,1H3,(H,20,21);1H. The number of amides is 1. The molecule has 2 aromatic rings. The number of nitrogens with two attached hydrogens (primary N) is 1. The molecule has 1 amide bonds. The number of rotatable bonds is 8. The molecule has 0 bridgehead atoms. The number of thiophene rings is 1. The molecule has 132 valence electrons. The highest BCUT2D eigenvalue weighted by atomic mass is 79.9. The fourth-order valence-corrected chi connectivity index (χ4v) is 3.25. The first-order chi connectivity index (χ1) is 11.1. The number of halogens is 2. The monoisotopic (exact) mass is 432 g/mol. The molecule has 0 radical (unpaired) electrons. The summed E-state index contributed by atoms with van der Waals surface area (Å²) in [6.45, 7) is 3.76. The molecular weight excluding hydrogens is 412 g/mol. The maximum Gasteiger partial charge on any atom is 0.251 e. The van der Waals surface area contributed by atoms with Crippen LogP contribution >= 0.6 is 39.7 Å². The number of nitrogens with one attached hydrogen (secondary N) is 1. The Balaban J connectivity index is 0.00000288. The molecule has 0 unspecified atom stereocenters. The Morgan fingerprint density at radius 1 is 1.33 bits per heavy atom. The molecule has 0 saturated heterocycles. The highest BCUT2D eigenvalue weighted by Crippen LogP contribution is 2.24. The number of carbonyl (C=O) groups excluding carboxylic acids is 1. The van der Waals surface area contributed by atoms with Crippen molar-refractivity contribution in [2.75, 3.05) is 13.1 Å². The van der Waals surface area contributed by atoms with Crippen LogP contribution in [0.5, 0.6) is 5.75 Å². The van der Waals surface area contributed by atoms with Crippen LogP contribution in [0.25, 0.3) is 0 Å². The average molecular weight is 434 g/mol. The molecule has 24 heavy (non-hydrogen) atoms. The topological polar surface area (TPSA) is 64.4 Å². The van der Waals surface area contributed by atoms with Gasteiger partial charge in [-0.1, -0.05) is 6.07 Å². The van der Waals surface area contributed by atoms with Crippen molar-refractivity contribution in [1.29, 1.82) is 0 Å². The third-order valence-electron chi connectivity index (χ3n) is 3.38. The minimum atomic E-state index is -0.0786. The fraction of sp³-hybridized carbons (Fsp3) is 0.353. The number of hydrogen-bond acceptors (Lipinski definition) is 4. The Kier molecular flexibility index (Phi) is 9.36. The lowest BCUT2D eigenvalue weighted by atomic mass is 10.1. The number of carbonyl (C=O) groups is 1. The third-order valence-corrected chi connectivity index (χ3v) is 4.94. The van der Waals surface area contributed by atoms with Crippen LogP contribution in [0.4, 0.5) is 0 Å². The molecule has 7 heteroatoms. The first kappa shape index (κ1) is 21.0. The van der Waals surface area contributed by atoms with Crippen molar-refractivity contribution < 1.29 is 9.53 Å². The van der Waals surface area contributed by atoms with Gasteiger partial charge in [0.25, 0.3) is 5.91 Å². The summed E-state index contributed by atoms with van der Waals surface area (Å²) < 4.78 is 6.94. The Hall–Kier alpha value is -1.08. The second-order valence-corrected chi connectivity index (χ2v) is 7.57. The van der Waals surface area contributed by atoms with Gasteiger partial charge in [0.2, 0.25) is 0 Å². The quantitative estimate of drug-likeness (QED) is 0.610. The fourth-order valence-electron chi connectivity index (χ4n) is 2.05. The summed E-state index contributed by atoms with van der Waals surface area (Å²) in [6.07, 6.45) is 1.81. The first-order valence-electron chi connectivity index (χ1n) is 7.55. The van der Waals surface area contributed by atoms with Crippen LogP contribution in [0.15, 0.2) is 33.4 Å². The summed E-state index contributed by atoms with van der Waals surface area (Å²) in [7, 11) is 0. The Morgan fingerprint density at radius 3 is 2.79 bits per heavy atom. The van der Waals surface area contributed by atoms with Gasteiger partial charge in [-0.15, -0.1) is 23.7 Å². The van der Waals surface area contributed by atoms with Crippen molar-refractivity contribution in [1.82, 2.24) is 5.32 Å². The van der Waals surface area contributed by atoms with Gasteiger partial charge in [-0.05, 0) is 71.4 Å². The second kappa shape index (κ2) is 10.7. The molecule has 0 atom stereocenters. The van der Waals surface area contributed by atoms with Crippen LogP contribution in [-0.4, -0.2) is 19.0 Å². The van der Waals surface area contributed by atoms with Gasteiger partial charge < -0.3 is 15.8 Å². The molecule has 1 aromatic carbocycles. The van der Waals surface area contributed by atoms with Crippen molar-refractivity contribution >= 4 is 45.6 Å². The van der Waals surface area contributed by atoms with E-state index in [0.29, 0.717) is 25.3 Å². The van der Waals surface area contributed by atoms with Gasteiger partial charge in [0.15, 0.2) is 0 Å². The first-order valence-corrected chi connectivity index (χ1v) is 9.22. The van der Waals surface area contributed by atoms with Crippen molar-refractivity contribution in [2.45, 2.75) is 26.4 Å². The Bertz CT molecular complexity index is 664. The molecular formula is C17H22BrClN2O2S. The zero-order chi connectivity index (χ0) is 16.7. The number of unbranched alkanes of at least 4 members (excludes halogenated alkanes) is 1. The van der Waals surface area contributed by atoms with Gasteiger partial charge in [0.1, 0.15) is 12.4 Å². The van der Waals surface area contributed by atoms with Crippen molar-refractivity contribution in [3.8, 4) is 5.75 Å². The van der Waals surface area contributed by atoms with Gasteiger partial charge >= 0.3 is 0 Å². The third kappa shape index (κ3) is 6.43. The van der Waals surface area contributed by atoms with E-state index in [1.807, 2.05) is 30.5 Å². The van der Waals surface area contributed by atoms with Crippen LogP contribution in [0.2, 0.25) is 0 Å². The SMILES string of the molecule is Cc1ccc(C(=O)NCCCCN)cc1OCc1csc(Br)c1.Cl. The zero-order valence-electron chi connectivity index (χ0n) is 13.5. The normalized spacial score (nSPS) is 10.1. The largest absolute Gasteiger partial charge is 0.489 e. The molecule has 2 rings (SSSR count). The Labute approximate surface area is 161 Å². The van der Waals surface area contributed by atoms with E-state index >= 15 is 0 Å². The van der Waals surface area contributed by atoms with E-state index in [9.17, 15) is 4.79 Å². The lowest BCUT2D eigenvalue weighted by Crippen LogP contribution is -2.24. The average Bonchev–Trinajstić information content (AvgIpc) is 2.96. The molecule has 0 fully saturated rings. The van der Waals surface area contributed by atoms with Gasteiger partial charge in [-0.3, -0.25) is 4.79 Å². The molecule has 0 aliphatic heterocycles. The molecule has 1 aromatic heterocycles. The number of ether oxygens (including phenoxy) is 1. The van der Waals surface area contributed by atoms with E-state index in [2.05, 4.69) is 21.2 Å². The summed E-state index contributed by atoms with van der Waals surface area (Å²) in [4.78, 5) is 12.1. The molecule has 0 aliphatic carbocycles. The highest BCUT2D eigenvalue weighted by Gasteiger charge is 2.09. The van der Waals surface area contributed by atoms with Gasteiger partial charge in [-0.25, -0.2) is 0 Å². The van der Waals surface area contributed by atoms with E-state index in [1.54, 1.807) is 17.4 Å². The summed E-state index contributed by atoms with van der Waals surface area (Å²) in [6, 6.07) is 7.57. The lowest BCUT2D eigenvalue weighted by Gasteiger charge is -2.11. The van der Waals surface area contributed by atoms with Crippen molar-refractivity contribution in [2.24, 2.45) is 5.73 Å². The zero-order valence-corrected chi connectivity index (χ0v) is 16.7. The summed E-state index contributed by atoms with van der Waals surface area (Å²) in [5, 5.41) is 4.95. The molecule has 0 aliphatic rings. The summed E-state index contributed by atoms with van der Waals surface area (Å²) >= 11 is 5.07. The minimum Gasteiger partial charge on any atom is -0.489 e. The maximum atomic E-state index is 12.1.